The Kier molecular flexibility index (Phi) is 6.65. The van der Waals surface area contributed by atoms with E-state index in [4.69, 9.17) is 24.9 Å². The molecule has 2 heterocycles. The Morgan fingerprint density at radius 1 is 1.00 bits per heavy atom. The Balaban J connectivity index is 1.48. The summed E-state index contributed by atoms with van der Waals surface area (Å²) >= 11 is 1.29. The van der Waals surface area contributed by atoms with Gasteiger partial charge >= 0.3 is 0 Å². The molecule has 0 saturated carbocycles. The van der Waals surface area contributed by atoms with Gasteiger partial charge in [0.1, 0.15) is 15.5 Å². The third-order valence-electron chi connectivity index (χ3n) is 5.31. The quantitative estimate of drug-likeness (QED) is 0.398. The molecule has 7 nitrogen and oxygen atoms in total. The van der Waals surface area contributed by atoms with Crippen LogP contribution in [-0.2, 0) is 6.42 Å². The number of carbonyl (C=O) groups excluding carboxylic acids is 1. The minimum Gasteiger partial charge on any atom is -0.497 e. The van der Waals surface area contributed by atoms with E-state index in [1.165, 1.54) is 11.3 Å². The van der Waals surface area contributed by atoms with Crippen LogP contribution in [0.2, 0.25) is 0 Å². The van der Waals surface area contributed by atoms with Gasteiger partial charge < -0.3 is 25.3 Å². The van der Waals surface area contributed by atoms with Crippen LogP contribution in [0, 0.1) is 0 Å². The second-order valence-electron chi connectivity index (χ2n) is 7.32. The molecule has 0 unspecified atom stereocenters. The number of thiophene rings is 1. The molecular formula is C25H25N3O4S. The van der Waals surface area contributed by atoms with Crippen LogP contribution >= 0.6 is 11.3 Å². The molecule has 3 N–H and O–H groups in total. The van der Waals surface area contributed by atoms with Crippen molar-refractivity contribution in [3.05, 3.63) is 65.0 Å². The molecule has 4 aromatic rings. The van der Waals surface area contributed by atoms with E-state index in [9.17, 15) is 4.79 Å². The zero-order valence-corrected chi connectivity index (χ0v) is 19.5. The van der Waals surface area contributed by atoms with E-state index in [0.717, 1.165) is 32.8 Å². The van der Waals surface area contributed by atoms with E-state index in [1.807, 2.05) is 54.6 Å². The maximum atomic E-state index is 12.8. The molecule has 8 heteroatoms. The predicted octanol–water partition coefficient (Wildman–Crippen LogP) is 4.54. The van der Waals surface area contributed by atoms with Crippen LogP contribution < -0.4 is 25.3 Å². The lowest BCUT2D eigenvalue weighted by atomic mass is 10.1. The van der Waals surface area contributed by atoms with Gasteiger partial charge in [-0.3, -0.25) is 4.79 Å². The third-order valence-corrected chi connectivity index (χ3v) is 6.43. The molecule has 33 heavy (non-hydrogen) atoms. The lowest BCUT2D eigenvalue weighted by Crippen LogP contribution is -2.25. The van der Waals surface area contributed by atoms with E-state index < -0.39 is 0 Å². The molecule has 0 aliphatic rings. The van der Waals surface area contributed by atoms with E-state index in [0.29, 0.717) is 35.0 Å². The number of nitrogens with two attached hydrogens (primary N) is 1. The minimum atomic E-state index is -0.209. The summed E-state index contributed by atoms with van der Waals surface area (Å²) in [5.74, 6) is 1.88. The number of carbonyl (C=O) groups is 1. The summed E-state index contributed by atoms with van der Waals surface area (Å²) in [4.78, 5) is 18.7. The van der Waals surface area contributed by atoms with Gasteiger partial charge in [0.2, 0.25) is 0 Å². The third kappa shape index (κ3) is 4.70. The zero-order chi connectivity index (χ0) is 23.4. The highest BCUT2D eigenvalue weighted by Crippen LogP contribution is 2.34. The molecular weight excluding hydrogens is 438 g/mol. The topological polar surface area (TPSA) is 95.7 Å². The van der Waals surface area contributed by atoms with Crippen molar-refractivity contribution in [2.24, 2.45) is 0 Å². The first-order valence-electron chi connectivity index (χ1n) is 10.4. The Labute approximate surface area is 196 Å². The molecule has 170 valence electrons. The van der Waals surface area contributed by atoms with Crippen LogP contribution in [0.5, 0.6) is 17.2 Å². The van der Waals surface area contributed by atoms with Gasteiger partial charge in [0.25, 0.3) is 5.91 Å². The Bertz CT molecular complexity index is 1300. The van der Waals surface area contributed by atoms with Crippen LogP contribution in [0.4, 0.5) is 5.69 Å². The fourth-order valence-corrected chi connectivity index (χ4v) is 4.56. The number of methoxy groups -OCH3 is 3. The van der Waals surface area contributed by atoms with Gasteiger partial charge in [-0.05, 0) is 48.4 Å². The number of fused-ring (bicyclic) bond motifs is 1. The van der Waals surface area contributed by atoms with Crippen molar-refractivity contribution >= 4 is 33.1 Å². The summed E-state index contributed by atoms with van der Waals surface area (Å²) in [5.41, 5.74) is 9.49. The number of pyridine rings is 1. The van der Waals surface area contributed by atoms with Crippen molar-refractivity contribution in [2.45, 2.75) is 6.42 Å². The van der Waals surface area contributed by atoms with Crippen LogP contribution in [0.15, 0.2) is 54.6 Å². The summed E-state index contributed by atoms with van der Waals surface area (Å²) in [5, 5.41) is 3.73. The molecule has 0 atom stereocenters. The molecule has 4 rings (SSSR count). The number of hydrogen-bond donors (Lipinski definition) is 2. The number of nitrogen functional groups attached to an aromatic ring is 1. The first kappa shape index (κ1) is 22.4. The Morgan fingerprint density at radius 2 is 1.82 bits per heavy atom. The highest BCUT2D eigenvalue weighted by atomic mass is 32.1. The monoisotopic (exact) mass is 463 g/mol. The highest BCUT2D eigenvalue weighted by molar-refractivity contribution is 7.21. The average Bonchev–Trinajstić information content (AvgIpc) is 3.19. The molecule has 2 aromatic heterocycles. The molecule has 0 aliphatic heterocycles. The van der Waals surface area contributed by atoms with E-state index in [2.05, 4.69) is 5.32 Å². The van der Waals surface area contributed by atoms with E-state index in [1.54, 1.807) is 21.3 Å². The normalized spacial score (nSPS) is 10.8. The SMILES string of the molecule is COc1cccc(-c2ccc3c(N)c(C(=O)NCCc4ccc(OC)c(OC)c4)sc3n2)c1. The number of nitrogens with one attached hydrogen (secondary N) is 1. The average molecular weight is 464 g/mol. The van der Waals surface area contributed by atoms with Crippen LogP contribution in [0.1, 0.15) is 15.2 Å². The van der Waals surface area contributed by atoms with Crippen molar-refractivity contribution in [3.63, 3.8) is 0 Å². The fraction of sp³-hybridized carbons (Fsp3) is 0.200. The fourth-order valence-electron chi connectivity index (χ4n) is 3.55. The molecule has 0 radical (unpaired) electrons. The van der Waals surface area contributed by atoms with Gasteiger partial charge in [-0.1, -0.05) is 18.2 Å². The largest absolute Gasteiger partial charge is 0.497 e. The number of anilines is 1. The minimum absolute atomic E-state index is 0.209. The lowest BCUT2D eigenvalue weighted by molar-refractivity contribution is 0.0959. The van der Waals surface area contributed by atoms with Crippen molar-refractivity contribution in [2.75, 3.05) is 33.6 Å². The summed E-state index contributed by atoms with van der Waals surface area (Å²) < 4.78 is 15.9. The van der Waals surface area contributed by atoms with Crippen LogP contribution in [0.3, 0.4) is 0 Å². The number of hydrogen-bond acceptors (Lipinski definition) is 7. The molecule has 0 fully saturated rings. The van der Waals surface area contributed by atoms with Gasteiger partial charge in [-0.2, -0.15) is 0 Å². The summed E-state index contributed by atoms with van der Waals surface area (Å²) in [7, 11) is 4.83. The standard InChI is InChI=1S/C25H25N3O4S/c1-30-17-6-4-5-16(14-17)19-9-8-18-22(26)23(33-25(18)28-19)24(29)27-12-11-15-7-10-20(31-2)21(13-15)32-3/h4-10,13-14H,11-12,26H2,1-3H3,(H,27,29). The first-order chi connectivity index (χ1) is 16.0. The number of amides is 1. The second-order valence-corrected chi connectivity index (χ2v) is 8.32. The van der Waals surface area contributed by atoms with Crippen molar-refractivity contribution in [3.8, 4) is 28.5 Å². The molecule has 1 amide bonds. The summed E-state index contributed by atoms with van der Waals surface area (Å²) in [6.07, 6.45) is 0.648. The number of aromatic nitrogens is 1. The van der Waals surface area contributed by atoms with Crippen molar-refractivity contribution in [1.29, 1.82) is 0 Å². The van der Waals surface area contributed by atoms with Gasteiger partial charge in [-0.25, -0.2) is 4.98 Å². The molecule has 0 aliphatic carbocycles. The van der Waals surface area contributed by atoms with E-state index >= 15 is 0 Å². The number of nitrogens with zero attached hydrogens (tertiary/aromatic N) is 1. The lowest BCUT2D eigenvalue weighted by Gasteiger charge is -2.10. The van der Waals surface area contributed by atoms with Crippen molar-refractivity contribution < 1.29 is 19.0 Å². The molecule has 0 saturated heterocycles. The van der Waals surface area contributed by atoms with Crippen LogP contribution in [-0.4, -0.2) is 38.8 Å². The second kappa shape index (κ2) is 9.79. The molecule has 0 bridgehead atoms. The van der Waals surface area contributed by atoms with Gasteiger partial charge in [0, 0.05) is 17.5 Å². The number of rotatable bonds is 8. The van der Waals surface area contributed by atoms with Gasteiger partial charge in [0.15, 0.2) is 11.5 Å². The highest BCUT2D eigenvalue weighted by Gasteiger charge is 2.18. The maximum absolute atomic E-state index is 12.8. The predicted molar refractivity (Wildman–Crippen MR) is 132 cm³/mol. The summed E-state index contributed by atoms with van der Waals surface area (Å²) in [6, 6.07) is 17.2. The smallest absolute Gasteiger partial charge is 0.263 e. The molecule has 2 aromatic carbocycles. The number of benzene rings is 2. The van der Waals surface area contributed by atoms with Crippen LogP contribution in [0.25, 0.3) is 21.5 Å². The number of ether oxygens (including phenoxy) is 3. The van der Waals surface area contributed by atoms with E-state index in [-0.39, 0.29) is 5.91 Å². The van der Waals surface area contributed by atoms with Gasteiger partial charge in [0.05, 0.1) is 32.7 Å². The zero-order valence-electron chi connectivity index (χ0n) is 18.7. The summed E-state index contributed by atoms with van der Waals surface area (Å²) in [6.45, 7) is 0.463. The van der Waals surface area contributed by atoms with Crippen molar-refractivity contribution in [1.82, 2.24) is 10.3 Å². The first-order valence-corrected chi connectivity index (χ1v) is 11.2. The van der Waals surface area contributed by atoms with Gasteiger partial charge in [-0.15, -0.1) is 11.3 Å². The molecule has 0 spiro atoms. The maximum Gasteiger partial charge on any atom is 0.263 e. The Morgan fingerprint density at radius 3 is 2.58 bits per heavy atom. The Hall–Kier alpha value is -3.78.